The molecule has 33 heavy (non-hydrogen) atoms. The van der Waals surface area contributed by atoms with Crippen molar-refractivity contribution in [1.82, 2.24) is 19.4 Å². The normalized spacial score (nSPS) is 14.2. The lowest BCUT2D eigenvalue weighted by atomic mass is 10.1. The van der Waals surface area contributed by atoms with Gasteiger partial charge in [-0.3, -0.25) is 9.69 Å². The maximum absolute atomic E-state index is 13.5. The van der Waals surface area contributed by atoms with Crippen molar-refractivity contribution in [1.29, 1.82) is 0 Å². The third-order valence-electron chi connectivity index (χ3n) is 6.00. The van der Waals surface area contributed by atoms with Crippen LogP contribution in [0.4, 0.5) is 0 Å². The number of imidazole rings is 1. The molecule has 0 radical (unpaired) electrons. The molecule has 2 aromatic carbocycles. The van der Waals surface area contributed by atoms with Crippen LogP contribution in [0.25, 0.3) is 0 Å². The molecule has 0 bridgehead atoms. The summed E-state index contributed by atoms with van der Waals surface area (Å²) >= 11 is 0. The van der Waals surface area contributed by atoms with E-state index >= 15 is 0 Å². The van der Waals surface area contributed by atoms with Crippen LogP contribution in [0.2, 0.25) is 0 Å². The van der Waals surface area contributed by atoms with Crippen molar-refractivity contribution in [3.05, 3.63) is 83.4 Å². The first-order valence-corrected chi connectivity index (χ1v) is 11.4. The van der Waals surface area contributed by atoms with Gasteiger partial charge in [0.2, 0.25) is 0 Å². The van der Waals surface area contributed by atoms with Gasteiger partial charge in [-0.05, 0) is 30.7 Å². The number of hydrogen-bond donors (Lipinski definition) is 0. The monoisotopic (exact) mass is 448 g/mol. The van der Waals surface area contributed by atoms with Gasteiger partial charge in [-0.1, -0.05) is 35.9 Å². The van der Waals surface area contributed by atoms with Crippen LogP contribution in [-0.4, -0.2) is 71.8 Å². The van der Waals surface area contributed by atoms with E-state index in [9.17, 15) is 4.79 Å². The van der Waals surface area contributed by atoms with E-state index in [1.54, 1.807) is 19.4 Å². The second-order valence-electron chi connectivity index (χ2n) is 8.37. The largest absolute Gasteiger partial charge is 0.497 e. The van der Waals surface area contributed by atoms with Crippen LogP contribution >= 0.6 is 0 Å². The molecule has 1 fully saturated rings. The number of benzene rings is 2. The van der Waals surface area contributed by atoms with E-state index in [0.29, 0.717) is 24.4 Å². The van der Waals surface area contributed by atoms with Gasteiger partial charge in [-0.2, -0.15) is 0 Å². The molecule has 0 saturated carbocycles. The number of carbonyl (C=O) groups excluding carboxylic acids is 1. The summed E-state index contributed by atoms with van der Waals surface area (Å²) in [4.78, 5) is 22.3. The summed E-state index contributed by atoms with van der Waals surface area (Å²) in [6, 6.07) is 15.8. The Labute approximate surface area is 195 Å². The zero-order valence-electron chi connectivity index (χ0n) is 19.4. The highest BCUT2D eigenvalue weighted by atomic mass is 16.5. The van der Waals surface area contributed by atoms with E-state index in [2.05, 4.69) is 45.6 Å². The predicted octanol–water partition coefficient (Wildman–Crippen LogP) is 3.22. The Bertz CT molecular complexity index is 1040. The van der Waals surface area contributed by atoms with Gasteiger partial charge in [0.05, 0.1) is 26.9 Å². The second-order valence-corrected chi connectivity index (χ2v) is 8.37. The number of ether oxygens (including phenoxy) is 2. The van der Waals surface area contributed by atoms with Gasteiger partial charge < -0.3 is 18.9 Å². The molecule has 0 unspecified atom stereocenters. The number of nitrogens with zero attached hydrogens (tertiary/aromatic N) is 4. The van der Waals surface area contributed by atoms with Crippen molar-refractivity contribution in [3.63, 3.8) is 0 Å². The molecule has 1 amide bonds. The van der Waals surface area contributed by atoms with Crippen LogP contribution in [0, 0.1) is 6.92 Å². The minimum absolute atomic E-state index is 0.0213. The molecule has 2 heterocycles. The summed E-state index contributed by atoms with van der Waals surface area (Å²) in [6.07, 6.45) is 3.78. The first-order chi connectivity index (χ1) is 16.1. The maximum Gasteiger partial charge on any atom is 0.254 e. The average molecular weight is 449 g/mol. The average Bonchev–Trinajstić information content (AvgIpc) is 3.29. The zero-order valence-corrected chi connectivity index (χ0v) is 19.4. The van der Waals surface area contributed by atoms with Crippen molar-refractivity contribution in [2.24, 2.45) is 0 Å². The summed E-state index contributed by atoms with van der Waals surface area (Å²) < 4.78 is 12.9. The minimum atomic E-state index is -0.0213. The van der Waals surface area contributed by atoms with Crippen molar-refractivity contribution in [3.8, 4) is 5.75 Å². The van der Waals surface area contributed by atoms with Gasteiger partial charge in [-0.15, -0.1) is 0 Å². The van der Waals surface area contributed by atoms with Crippen molar-refractivity contribution < 1.29 is 14.3 Å². The second kappa shape index (κ2) is 11.1. The molecule has 4 rings (SSSR count). The van der Waals surface area contributed by atoms with E-state index in [0.717, 1.165) is 45.2 Å². The first kappa shape index (κ1) is 23.0. The molecule has 0 N–H and O–H groups in total. The highest BCUT2D eigenvalue weighted by molar-refractivity contribution is 5.94. The zero-order chi connectivity index (χ0) is 23.0. The molecule has 1 aromatic heterocycles. The number of aromatic nitrogens is 2. The first-order valence-electron chi connectivity index (χ1n) is 11.4. The standard InChI is InChI=1S/C26H32N4O3/c1-21-6-8-22(9-7-21)19-29-11-10-27-25(29)20-30(13-12-28-14-16-33-17-15-28)26(31)23-4-3-5-24(18-23)32-2/h3-11,18H,12-17,19-20H2,1-2H3. The number of amides is 1. The van der Waals surface area contributed by atoms with Crippen LogP contribution < -0.4 is 4.74 Å². The Hall–Kier alpha value is -3.16. The Morgan fingerprint density at radius 3 is 2.70 bits per heavy atom. The predicted molar refractivity (Wildman–Crippen MR) is 128 cm³/mol. The quantitative estimate of drug-likeness (QED) is 0.503. The van der Waals surface area contributed by atoms with Gasteiger partial charge in [0.1, 0.15) is 11.6 Å². The molecule has 1 saturated heterocycles. The number of rotatable bonds is 9. The van der Waals surface area contributed by atoms with Crippen molar-refractivity contribution in [2.75, 3.05) is 46.5 Å². The molecule has 0 aliphatic carbocycles. The molecule has 1 aliphatic heterocycles. The van der Waals surface area contributed by atoms with E-state index in [-0.39, 0.29) is 5.91 Å². The third-order valence-corrected chi connectivity index (χ3v) is 6.00. The molecular formula is C26H32N4O3. The summed E-state index contributed by atoms with van der Waals surface area (Å²) in [7, 11) is 1.61. The smallest absolute Gasteiger partial charge is 0.254 e. The SMILES string of the molecule is COc1cccc(C(=O)N(CCN2CCOCC2)Cc2nccn2Cc2ccc(C)cc2)c1. The fourth-order valence-corrected chi connectivity index (χ4v) is 3.97. The Kier molecular flexibility index (Phi) is 7.75. The fraction of sp³-hybridized carbons (Fsp3) is 0.385. The molecule has 174 valence electrons. The van der Waals surface area contributed by atoms with Crippen LogP contribution in [-0.2, 0) is 17.8 Å². The minimum Gasteiger partial charge on any atom is -0.497 e. The number of carbonyl (C=O) groups is 1. The van der Waals surface area contributed by atoms with Crippen LogP contribution in [0.3, 0.4) is 0 Å². The number of morpholine rings is 1. The Morgan fingerprint density at radius 2 is 1.94 bits per heavy atom. The van der Waals surface area contributed by atoms with Gasteiger partial charge in [0, 0.05) is 50.7 Å². The van der Waals surface area contributed by atoms with Crippen molar-refractivity contribution >= 4 is 5.91 Å². The van der Waals surface area contributed by atoms with E-state index in [1.807, 2.05) is 29.3 Å². The van der Waals surface area contributed by atoms with Crippen molar-refractivity contribution in [2.45, 2.75) is 20.0 Å². The molecule has 0 atom stereocenters. The lowest BCUT2D eigenvalue weighted by molar-refractivity contribution is 0.0318. The van der Waals surface area contributed by atoms with Gasteiger partial charge in [0.15, 0.2) is 0 Å². The maximum atomic E-state index is 13.5. The van der Waals surface area contributed by atoms with Crippen LogP contribution in [0.1, 0.15) is 27.3 Å². The number of hydrogen-bond acceptors (Lipinski definition) is 5. The number of aryl methyl sites for hydroxylation is 1. The third kappa shape index (κ3) is 6.21. The van der Waals surface area contributed by atoms with Gasteiger partial charge >= 0.3 is 0 Å². The molecule has 1 aliphatic rings. The number of methoxy groups -OCH3 is 1. The topological polar surface area (TPSA) is 59.8 Å². The molecular weight excluding hydrogens is 416 g/mol. The van der Waals surface area contributed by atoms with E-state index < -0.39 is 0 Å². The molecule has 7 heteroatoms. The molecule has 3 aromatic rings. The van der Waals surface area contributed by atoms with E-state index in [4.69, 9.17) is 9.47 Å². The molecule has 7 nitrogen and oxygen atoms in total. The Morgan fingerprint density at radius 1 is 1.15 bits per heavy atom. The molecule has 0 spiro atoms. The van der Waals surface area contributed by atoms with Crippen LogP contribution in [0.15, 0.2) is 60.9 Å². The lowest BCUT2D eigenvalue weighted by Gasteiger charge is -2.30. The highest BCUT2D eigenvalue weighted by Gasteiger charge is 2.21. The summed E-state index contributed by atoms with van der Waals surface area (Å²) in [6.45, 7) is 7.94. The Balaban J connectivity index is 1.52. The highest BCUT2D eigenvalue weighted by Crippen LogP contribution is 2.17. The summed E-state index contributed by atoms with van der Waals surface area (Å²) in [5, 5.41) is 0. The lowest BCUT2D eigenvalue weighted by Crippen LogP contribution is -2.43. The van der Waals surface area contributed by atoms with E-state index in [1.165, 1.54) is 11.1 Å². The summed E-state index contributed by atoms with van der Waals surface area (Å²) in [5.41, 5.74) is 3.06. The summed E-state index contributed by atoms with van der Waals surface area (Å²) in [5.74, 6) is 1.52. The van der Waals surface area contributed by atoms with Gasteiger partial charge in [-0.25, -0.2) is 4.98 Å². The fourth-order valence-electron chi connectivity index (χ4n) is 3.97. The van der Waals surface area contributed by atoms with Gasteiger partial charge in [0.25, 0.3) is 5.91 Å². The van der Waals surface area contributed by atoms with Crippen LogP contribution in [0.5, 0.6) is 5.75 Å².